The highest BCUT2D eigenvalue weighted by atomic mass is 32.1. The Kier molecular flexibility index (Phi) is 5.35. The van der Waals surface area contributed by atoms with E-state index in [1.54, 1.807) is 60.3 Å². The Morgan fingerprint density at radius 3 is 2.75 bits per heavy atom. The first-order valence-electron chi connectivity index (χ1n) is 8.59. The minimum Gasteiger partial charge on any atom is -0.439 e. The highest BCUT2D eigenvalue weighted by Gasteiger charge is 2.12. The molecule has 0 aliphatic heterocycles. The van der Waals surface area contributed by atoms with Gasteiger partial charge >= 0.3 is 0 Å². The van der Waals surface area contributed by atoms with Crippen molar-refractivity contribution in [1.82, 2.24) is 20.3 Å². The van der Waals surface area contributed by atoms with Crippen molar-refractivity contribution in [1.29, 1.82) is 0 Å². The maximum Gasteiger partial charge on any atom is 0.251 e. The standard InChI is InChI=1S/C21H16N4O2S/c26-21(15-4-3-5-17(12-15)27-19-6-1-2-8-23-19)25-13-18-20(24-10-9-22-18)16-7-11-28-14-16/h1-12,14H,13H2,(H,25,26). The van der Waals surface area contributed by atoms with E-state index in [9.17, 15) is 4.79 Å². The Morgan fingerprint density at radius 2 is 1.93 bits per heavy atom. The van der Waals surface area contributed by atoms with Gasteiger partial charge in [0.25, 0.3) is 5.91 Å². The van der Waals surface area contributed by atoms with Gasteiger partial charge < -0.3 is 10.1 Å². The minimum atomic E-state index is -0.214. The zero-order valence-electron chi connectivity index (χ0n) is 14.8. The zero-order chi connectivity index (χ0) is 19.2. The highest BCUT2D eigenvalue weighted by molar-refractivity contribution is 7.08. The van der Waals surface area contributed by atoms with Crippen LogP contribution in [0.5, 0.6) is 11.6 Å². The summed E-state index contributed by atoms with van der Waals surface area (Å²) in [6.07, 6.45) is 4.92. The number of benzene rings is 1. The van der Waals surface area contributed by atoms with Crippen molar-refractivity contribution in [3.05, 3.63) is 89.1 Å². The number of hydrogen-bond acceptors (Lipinski definition) is 6. The molecule has 1 amide bonds. The molecule has 0 aliphatic carbocycles. The summed E-state index contributed by atoms with van der Waals surface area (Å²) >= 11 is 1.59. The summed E-state index contributed by atoms with van der Waals surface area (Å²) in [5, 5.41) is 6.89. The van der Waals surface area contributed by atoms with Crippen LogP contribution >= 0.6 is 11.3 Å². The SMILES string of the molecule is O=C(NCc1nccnc1-c1ccsc1)c1cccc(Oc2ccccn2)c1. The van der Waals surface area contributed by atoms with E-state index in [1.807, 2.05) is 29.0 Å². The van der Waals surface area contributed by atoms with Crippen LogP contribution in [-0.2, 0) is 6.54 Å². The van der Waals surface area contributed by atoms with Crippen LogP contribution in [0.25, 0.3) is 11.3 Å². The van der Waals surface area contributed by atoms with E-state index in [2.05, 4.69) is 20.3 Å². The van der Waals surface area contributed by atoms with E-state index >= 15 is 0 Å². The minimum absolute atomic E-state index is 0.214. The number of ether oxygens (including phenoxy) is 1. The molecule has 0 saturated carbocycles. The second kappa shape index (κ2) is 8.41. The van der Waals surface area contributed by atoms with Crippen molar-refractivity contribution in [2.45, 2.75) is 6.54 Å². The van der Waals surface area contributed by atoms with E-state index < -0.39 is 0 Å². The molecule has 0 aliphatic rings. The number of hydrogen-bond donors (Lipinski definition) is 1. The van der Waals surface area contributed by atoms with E-state index in [0.717, 1.165) is 17.0 Å². The lowest BCUT2D eigenvalue weighted by atomic mass is 10.1. The molecule has 0 saturated heterocycles. The Bertz CT molecular complexity index is 1070. The molecule has 138 valence electrons. The van der Waals surface area contributed by atoms with Crippen LogP contribution in [0.3, 0.4) is 0 Å². The Hall–Kier alpha value is -3.58. The van der Waals surface area contributed by atoms with Gasteiger partial charge in [0.2, 0.25) is 5.88 Å². The van der Waals surface area contributed by atoms with Crippen molar-refractivity contribution in [2.75, 3.05) is 0 Å². The van der Waals surface area contributed by atoms with Crippen LogP contribution < -0.4 is 10.1 Å². The molecular weight excluding hydrogens is 372 g/mol. The van der Waals surface area contributed by atoms with Crippen molar-refractivity contribution in [3.8, 4) is 22.9 Å². The zero-order valence-corrected chi connectivity index (χ0v) is 15.6. The number of carbonyl (C=O) groups excluding carboxylic acids is 1. The van der Waals surface area contributed by atoms with Crippen LogP contribution in [0.4, 0.5) is 0 Å². The predicted molar refractivity (Wildman–Crippen MR) is 107 cm³/mol. The molecule has 3 heterocycles. The van der Waals surface area contributed by atoms with Gasteiger partial charge in [0, 0.05) is 41.2 Å². The van der Waals surface area contributed by atoms with Gasteiger partial charge in [-0.2, -0.15) is 11.3 Å². The van der Waals surface area contributed by atoms with Gasteiger partial charge in [-0.05, 0) is 35.7 Å². The van der Waals surface area contributed by atoms with Crippen LogP contribution in [0, 0.1) is 0 Å². The molecule has 0 fully saturated rings. The number of pyridine rings is 1. The lowest BCUT2D eigenvalue weighted by Gasteiger charge is -2.09. The van der Waals surface area contributed by atoms with Gasteiger partial charge in [0.05, 0.1) is 17.9 Å². The predicted octanol–water partition coefficient (Wildman–Crippen LogP) is 4.32. The molecule has 4 aromatic rings. The molecule has 0 bridgehead atoms. The molecular formula is C21H16N4O2S. The molecule has 7 heteroatoms. The van der Waals surface area contributed by atoms with Crippen molar-refractivity contribution in [2.24, 2.45) is 0 Å². The second-order valence-corrected chi connectivity index (χ2v) is 6.62. The average molecular weight is 388 g/mol. The van der Waals surface area contributed by atoms with E-state index in [-0.39, 0.29) is 12.5 Å². The molecule has 28 heavy (non-hydrogen) atoms. The normalized spacial score (nSPS) is 10.4. The fraction of sp³-hybridized carbons (Fsp3) is 0.0476. The van der Waals surface area contributed by atoms with E-state index in [0.29, 0.717) is 17.2 Å². The van der Waals surface area contributed by atoms with Crippen LogP contribution in [-0.4, -0.2) is 20.9 Å². The molecule has 0 atom stereocenters. The smallest absolute Gasteiger partial charge is 0.251 e. The maximum absolute atomic E-state index is 12.6. The van der Waals surface area contributed by atoms with Gasteiger partial charge in [-0.25, -0.2) is 4.98 Å². The summed E-state index contributed by atoms with van der Waals surface area (Å²) in [5.74, 6) is 0.804. The first kappa shape index (κ1) is 17.8. The summed E-state index contributed by atoms with van der Waals surface area (Å²) in [7, 11) is 0. The van der Waals surface area contributed by atoms with Gasteiger partial charge in [0.1, 0.15) is 5.75 Å². The quantitative estimate of drug-likeness (QED) is 0.532. The summed E-state index contributed by atoms with van der Waals surface area (Å²) in [6.45, 7) is 0.281. The van der Waals surface area contributed by atoms with Gasteiger partial charge in [0.15, 0.2) is 0 Å². The van der Waals surface area contributed by atoms with Crippen LogP contribution in [0.15, 0.2) is 77.9 Å². The number of carbonyl (C=O) groups is 1. The first-order chi connectivity index (χ1) is 13.8. The topological polar surface area (TPSA) is 77.0 Å². The number of aromatic nitrogens is 3. The molecule has 3 aromatic heterocycles. The number of thiophene rings is 1. The number of rotatable bonds is 6. The fourth-order valence-corrected chi connectivity index (χ4v) is 3.27. The summed E-state index contributed by atoms with van der Waals surface area (Å²) in [6, 6.07) is 14.4. The van der Waals surface area contributed by atoms with E-state index in [4.69, 9.17) is 4.74 Å². The Labute approximate surface area is 165 Å². The third-order valence-electron chi connectivity index (χ3n) is 3.94. The van der Waals surface area contributed by atoms with Crippen molar-refractivity contribution < 1.29 is 9.53 Å². The molecule has 0 radical (unpaired) electrons. The summed E-state index contributed by atoms with van der Waals surface area (Å²) in [4.78, 5) is 25.5. The Balaban J connectivity index is 1.46. The number of nitrogens with zero attached hydrogens (tertiary/aromatic N) is 3. The molecule has 1 aromatic carbocycles. The summed E-state index contributed by atoms with van der Waals surface area (Å²) < 4.78 is 5.69. The molecule has 4 rings (SSSR count). The number of nitrogens with one attached hydrogen (secondary N) is 1. The molecule has 6 nitrogen and oxygen atoms in total. The van der Waals surface area contributed by atoms with E-state index in [1.165, 1.54) is 0 Å². The fourth-order valence-electron chi connectivity index (χ4n) is 2.63. The lowest BCUT2D eigenvalue weighted by molar-refractivity contribution is 0.0950. The summed E-state index contributed by atoms with van der Waals surface area (Å²) in [5.41, 5.74) is 2.98. The van der Waals surface area contributed by atoms with Gasteiger partial charge in [-0.15, -0.1) is 0 Å². The second-order valence-electron chi connectivity index (χ2n) is 5.84. The van der Waals surface area contributed by atoms with Crippen molar-refractivity contribution >= 4 is 17.2 Å². The van der Waals surface area contributed by atoms with Crippen molar-refractivity contribution in [3.63, 3.8) is 0 Å². The molecule has 0 spiro atoms. The molecule has 0 unspecified atom stereocenters. The third kappa shape index (κ3) is 4.21. The highest BCUT2D eigenvalue weighted by Crippen LogP contribution is 2.23. The number of amides is 1. The largest absolute Gasteiger partial charge is 0.439 e. The van der Waals surface area contributed by atoms with Gasteiger partial charge in [-0.3, -0.25) is 14.8 Å². The lowest BCUT2D eigenvalue weighted by Crippen LogP contribution is -2.23. The van der Waals surface area contributed by atoms with Gasteiger partial charge in [-0.1, -0.05) is 12.1 Å². The monoisotopic (exact) mass is 388 g/mol. The maximum atomic E-state index is 12.6. The van der Waals surface area contributed by atoms with Crippen LogP contribution in [0.2, 0.25) is 0 Å². The molecule has 1 N–H and O–H groups in total. The Morgan fingerprint density at radius 1 is 1.00 bits per heavy atom. The first-order valence-corrected chi connectivity index (χ1v) is 9.53. The third-order valence-corrected chi connectivity index (χ3v) is 4.62. The average Bonchev–Trinajstić information content (AvgIpc) is 3.28. The van der Waals surface area contributed by atoms with Crippen LogP contribution in [0.1, 0.15) is 16.1 Å².